The van der Waals surface area contributed by atoms with Crippen LogP contribution < -0.4 is 9.86 Å². The smallest absolute Gasteiger partial charge is 0.264 e. The van der Waals surface area contributed by atoms with E-state index in [9.17, 15) is 13.2 Å². The van der Waals surface area contributed by atoms with Gasteiger partial charge in [-0.3, -0.25) is 9.10 Å². The molecule has 0 aliphatic heterocycles. The summed E-state index contributed by atoms with van der Waals surface area (Å²) in [6.07, 6.45) is 0. The van der Waals surface area contributed by atoms with E-state index >= 15 is 0 Å². The van der Waals surface area contributed by atoms with Crippen LogP contribution in [0.15, 0.2) is 94.6 Å². The Morgan fingerprint density at radius 1 is 0.862 bits per heavy atom. The minimum absolute atomic E-state index is 0.0691. The number of H-pyrrole nitrogens is 1. The highest BCUT2D eigenvalue weighted by Gasteiger charge is 2.26. The maximum atomic E-state index is 13.4. The fraction of sp³-hybridized carbons (Fsp3) is 0.0870. The average molecular weight is 404 g/mol. The van der Waals surface area contributed by atoms with E-state index in [4.69, 9.17) is 0 Å². The summed E-state index contributed by atoms with van der Waals surface area (Å²) in [4.78, 5) is 15.7. The van der Waals surface area contributed by atoms with Gasteiger partial charge in [0.1, 0.15) is 0 Å². The largest absolute Gasteiger partial charge is 0.322 e. The van der Waals surface area contributed by atoms with Crippen LogP contribution in [0.4, 0.5) is 5.69 Å². The molecule has 0 aliphatic rings. The SMILES string of the molecule is Cc1ccc(S(=O)(=O)N(Cc2cc3ccccc3[nH]c2=O)c2ccccc2)cc1. The molecule has 0 radical (unpaired) electrons. The average Bonchev–Trinajstić information content (AvgIpc) is 2.73. The van der Waals surface area contributed by atoms with Crippen LogP contribution in [-0.4, -0.2) is 13.4 Å². The van der Waals surface area contributed by atoms with Gasteiger partial charge in [-0.1, -0.05) is 54.1 Å². The van der Waals surface area contributed by atoms with Crippen molar-refractivity contribution >= 4 is 26.6 Å². The van der Waals surface area contributed by atoms with E-state index in [0.29, 0.717) is 16.8 Å². The van der Waals surface area contributed by atoms with E-state index in [2.05, 4.69) is 4.98 Å². The Kier molecular flexibility index (Phi) is 4.94. The Morgan fingerprint density at radius 3 is 2.24 bits per heavy atom. The molecule has 146 valence electrons. The lowest BCUT2D eigenvalue weighted by Crippen LogP contribution is -2.33. The molecule has 0 spiro atoms. The molecule has 1 heterocycles. The van der Waals surface area contributed by atoms with Gasteiger partial charge in [-0.15, -0.1) is 0 Å². The molecule has 0 amide bonds. The quantitative estimate of drug-likeness (QED) is 0.541. The minimum atomic E-state index is -3.86. The molecule has 4 aromatic rings. The Balaban J connectivity index is 1.83. The van der Waals surface area contributed by atoms with Crippen molar-refractivity contribution in [2.24, 2.45) is 0 Å². The molecule has 3 aromatic carbocycles. The Bertz CT molecular complexity index is 1310. The number of pyridine rings is 1. The van der Waals surface area contributed by atoms with E-state index < -0.39 is 10.0 Å². The van der Waals surface area contributed by atoms with Gasteiger partial charge in [-0.2, -0.15) is 0 Å². The maximum Gasteiger partial charge on any atom is 0.264 e. The molecule has 0 saturated carbocycles. The molecule has 1 N–H and O–H groups in total. The summed E-state index contributed by atoms with van der Waals surface area (Å²) in [7, 11) is -3.86. The summed E-state index contributed by atoms with van der Waals surface area (Å²) in [6, 6.07) is 24.7. The Hall–Kier alpha value is -3.38. The zero-order chi connectivity index (χ0) is 20.4. The van der Waals surface area contributed by atoms with Gasteiger partial charge in [0.2, 0.25) is 0 Å². The molecule has 0 fully saturated rings. The third-order valence-electron chi connectivity index (χ3n) is 4.80. The number of aryl methyl sites for hydroxylation is 1. The van der Waals surface area contributed by atoms with Gasteiger partial charge in [-0.25, -0.2) is 8.42 Å². The second-order valence-corrected chi connectivity index (χ2v) is 8.73. The number of sulfonamides is 1. The van der Waals surface area contributed by atoms with Gasteiger partial charge >= 0.3 is 0 Å². The lowest BCUT2D eigenvalue weighted by molar-refractivity contribution is 0.590. The first kappa shape index (κ1) is 19.0. The van der Waals surface area contributed by atoms with Gasteiger partial charge < -0.3 is 4.98 Å². The number of hydrogen-bond acceptors (Lipinski definition) is 3. The summed E-state index contributed by atoms with van der Waals surface area (Å²) in [6.45, 7) is 1.83. The highest BCUT2D eigenvalue weighted by Crippen LogP contribution is 2.26. The molecule has 0 unspecified atom stereocenters. The number of fused-ring (bicyclic) bond motifs is 1. The number of benzene rings is 3. The highest BCUT2D eigenvalue weighted by molar-refractivity contribution is 7.92. The summed E-state index contributed by atoms with van der Waals surface area (Å²) >= 11 is 0. The molecule has 5 nitrogen and oxygen atoms in total. The molecule has 1 aromatic heterocycles. The van der Waals surface area contributed by atoms with Crippen molar-refractivity contribution in [2.75, 3.05) is 4.31 Å². The van der Waals surface area contributed by atoms with Crippen molar-refractivity contribution in [1.29, 1.82) is 0 Å². The van der Waals surface area contributed by atoms with E-state index in [1.54, 1.807) is 54.6 Å². The van der Waals surface area contributed by atoms with Gasteiger partial charge in [0.05, 0.1) is 17.1 Å². The van der Waals surface area contributed by atoms with E-state index in [-0.39, 0.29) is 17.0 Å². The van der Waals surface area contributed by atoms with Crippen LogP contribution >= 0.6 is 0 Å². The summed E-state index contributed by atoms with van der Waals surface area (Å²) in [5, 5.41) is 0.850. The van der Waals surface area contributed by atoms with Crippen molar-refractivity contribution in [1.82, 2.24) is 4.98 Å². The van der Waals surface area contributed by atoms with Crippen molar-refractivity contribution < 1.29 is 8.42 Å². The number of hydrogen-bond donors (Lipinski definition) is 1. The first-order valence-corrected chi connectivity index (χ1v) is 10.6. The summed E-state index contributed by atoms with van der Waals surface area (Å²) < 4.78 is 28.1. The molecule has 0 atom stereocenters. The first-order valence-electron chi connectivity index (χ1n) is 9.20. The van der Waals surface area contributed by atoms with Crippen LogP contribution in [0, 0.1) is 6.92 Å². The fourth-order valence-corrected chi connectivity index (χ4v) is 4.65. The van der Waals surface area contributed by atoms with Gasteiger partial charge in [0, 0.05) is 11.1 Å². The molecule has 0 aliphatic carbocycles. The molecule has 0 saturated heterocycles. The van der Waals surface area contributed by atoms with Crippen molar-refractivity contribution in [3.05, 3.63) is 106 Å². The number of para-hydroxylation sites is 2. The topological polar surface area (TPSA) is 70.2 Å². The Labute approximate surface area is 169 Å². The van der Waals surface area contributed by atoms with Crippen LogP contribution in [0.3, 0.4) is 0 Å². The third-order valence-corrected chi connectivity index (χ3v) is 6.59. The van der Waals surface area contributed by atoms with Crippen LogP contribution in [0.1, 0.15) is 11.1 Å². The number of aromatic nitrogens is 1. The standard InChI is InChI=1S/C23H20N2O3S/c1-17-11-13-21(14-12-17)29(27,28)25(20-8-3-2-4-9-20)16-19-15-18-7-5-6-10-22(18)24-23(19)26/h2-15H,16H2,1H3,(H,24,26). The number of nitrogens with one attached hydrogen (secondary N) is 1. The lowest BCUT2D eigenvalue weighted by atomic mass is 10.1. The predicted molar refractivity (Wildman–Crippen MR) is 116 cm³/mol. The number of aromatic amines is 1. The number of nitrogens with zero attached hydrogens (tertiary/aromatic N) is 1. The minimum Gasteiger partial charge on any atom is -0.322 e. The van der Waals surface area contributed by atoms with E-state index in [0.717, 1.165) is 10.9 Å². The van der Waals surface area contributed by atoms with Crippen LogP contribution in [-0.2, 0) is 16.6 Å². The molecule has 4 rings (SSSR count). The normalized spacial score (nSPS) is 11.5. The highest BCUT2D eigenvalue weighted by atomic mass is 32.2. The second kappa shape index (κ2) is 7.56. The van der Waals surface area contributed by atoms with Gasteiger partial charge in [0.25, 0.3) is 15.6 Å². The summed E-state index contributed by atoms with van der Waals surface area (Å²) in [5.41, 5.74) is 2.27. The van der Waals surface area contributed by atoms with Crippen molar-refractivity contribution in [2.45, 2.75) is 18.4 Å². The molecular formula is C23H20N2O3S. The number of rotatable bonds is 5. The number of anilines is 1. The zero-order valence-electron chi connectivity index (χ0n) is 15.9. The summed E-state index contributed by atoms with van der Waals surface area (Å²) in [5.74, 6) is 0. The molecule has 0 bridgehead atoms. The predicted octanol–water partition coefficient (Wildman–Crippen LogP) is 4.23. The van der Waals surface area contributed by atoms with Gasteiger partial charge in [-0.05, 0) is 48.7 Å². The Morgan fingerprint density at radius 2 is 1.52 bits per heavy atom. The van der Waals surface area contributed by atoms with Crippen LogP contribution in [0.25, 0.3) is 10.9 Å². The van der Waals surface area contributed by atoms with Crippen LogP contribution in [0.2, 0.25) is 0 Å². The zero-order valence-corrected chi connectivity index (χ0v) is 16.7. The monoisotopic (exact) mass is 404 g/mol. The van der Waals surface area contributed by atoms with E-state index in [1.807, 2.05) is 37.3 Å². The molecule has 29 heavy (non-hydrogen) atoms. The van der Waals surface area contributed by atoms with Gasteiger partial charge in [0.15, 0.2) is 0 Å². The molecular weight excluding hydrogens is 384 g/mol. The fourth-order valence-electron chi connectivity index (χ4n) is 3.21. The lowest BCUT2D eigenvalue weighted by Gasteiger charge is -2.24. The second-order valence-electron chi connectivity index (χ2n) is 6.87. The molecule has 6 heteroatoms. The van der Waals surface area contributed by atoms with E-state index in [1.165, 1.54) is 4.31 Å². The maximum absolute atomic E-state index is 13.4. The third kappa shape index (κ3) is 3.79. The van der Waals surface area contributed by atoms with Crippen molar-refractivity contribution in [3.63, 3.8) is 0 Å². The van der Waals surface area contributed by atoms with Crippen molar-refractivity contribution in [3.8, 4) is 0 Å². The first-order chi connectivity index (χ1) is 13.9. The van der Waals surface area contributed by atoms with Crippen LogP contribution in [0.5, 0.6) is 0 Å².